The summed E-state index contributed by atoms with van der Waals surface area (Å²) in [5, 5.41) is 0. The molecule has 11 heteroatoms. The number of hydrogen-bond donors (Lipinski definition) is 0. The van der Waals surface area contributed by atoms with Crippen molar-refractivity contribution in [2.45, 2.75) is 58.3 Å². The summed E-state index contributed by atoms with van der Waals surface area (Å²) in [4.78, 5) is 0. The summed E-state index contributed by atoms with van der Waals surface area (Å²) < 4.78 is 35.9. The molecule has 0 aliphatic heterocycles. The molecule has 0 heterocycles. The molecule has 0 fully saturated rings. The Bertz CT molecular complexity index is 1160. The highest BCUT2D eigenvalue weighted by Crippen LogP contribution is 2.55. The summed E-state index contributed by atoms with van der Waals surface area (Å²) in [6.07, 6.45) is 9.88. The minimum atomic E-state index is -4.23. The average Bonchev–Trinajstić information content (AvgIpc) is 2.84. The number of unbranched alkanes of at least 4 members (excludes halogenated alkanes) is 6. The Morgan fingerprint density at radius 2 is 1.03 bits per heavy atom. The Kier molecular flexibility index (Phi) is 13.7. The van der Waals surface area contributed by atoms with Crippen LogP contribution in [0.4, 0.5) is 0 Å². The minimum Gasteiger partial charge on any atom is -0.386 e. The number of rotatable bonds is 14. The van der Waals surface area contributed by atoms with Gasteiger partial charge in [-0.2, -0.15) is 4.57 Å². The predicted molar refractivity (Wildman–Crippen MR) is 177 cm³/mol. The first-order valence-corrected chi connectivity index (χ1v) is 18.4. The lowest BCUT2D eigenvalue weighted by Crippen LogP contribution is -2.09. The van der Waals surface area contributed by atoms with E-state index in [1.54, 1.807) is 36.4 Å². The van der Waals surface area contributed by atoms with Crippen molar-refractivity contribution in [3.05, 3.63) is 80.9 Å². The normalized spacial score (nSPS) is 11.4. The molecule has 0 atom stereocenters. The Morgan fingerprint density at radius 3 is 1.47 bits per heavy atom. The van der Waals surface area contributed by atoms with Gasteiger partial charge in [0.15, 0.2) is 11.5 Å². The molecule has 38 heavy (non-hydrogen) atoms. The van der Waals surface area contributed by atoms with Crippen LogP contribution in [0.15, 0.2) is 75.4 Å². The molecule has 0 saturated heterocycles. The van der Waals surface area contributed by atoms with E-state index >= 15 is 0 Å². The first kappa shape index (κ1) is 32.7. The molecular formula is C27H27Br6O4P. The van der Waals surface area contributed by atoms with Crippen LogP contribution < -0.4 is 13.6 Å². The molecule has 0 radical (unpaired) electrons. The lowest BCUT2D eigenvalue weighted by molar-refractivity contribution is 0.296. The number of phosphoric acid groups is 1. The lowest BCUT2D eigenvalue weighted by Gasteiger charge is -2.22. The van der Waals surface area contributed by atoms with Crippen LogP contribution in [0.25, 0.3) is 0 Å². The van der Waals surface area contributed by atoms with Crippen LogP contribution in [-0.2, 0) is 11.0 Å². The van der Waals surface area contributed by atoms with Crippen LogP contribution in [0.2, 0.25) is 0 Å². The molecule has 4 nitrogen and oxygen atoms in total. The van der Waals surface area contributed by atoms with E-state index in [1.165, 1.54) is 44.1 Å². The monoisotopic (exact) mass is 920 g/mol. The standard InChI is InChI=1S/C27H27Br6O4P/c1-2-3-4-5-6-7-8-9-18-10-12-21(13-11-18)35-38(34,36-26-22(30)14-19(28)15-23(26)31)37-27-24(32)16-20(29)17-25(27)33/h10-17H,2-9H2,1H3. The quantitative estimate of drug-likeness (QED) is 0.119. The second kappa shape index (κ2) is 16.0. The maximum Gasteiger partial charge on any atom is 0.647 e. The average molecular weight is 926 g/mol. The maximum atomic E-state index is 14.1. The van der Waals surface area contributed by atoms with Gasteiger partial charge in [-0.1, -0.05) is 89.4 Å². The summed E-state index contributed by atoms with van der Waals surface area (Å²) in [6.45, 7) is 2.24. The van der Waals surface area contributed by atoms with Crippen molar-refractivity contribution in [2.24, 2.45) is 0 Å². The molecule has 3 aromatic rings. The smallest absolute Gasteiger partial charge is 0.386 e. The van der Waals surface area contributed by atoms with E-state index in [-0.39, 0.29) is 11.5 Å². The number of hydrogen-bond acceptors (Lipinski definition) is 4. The highest BCUT2D eigenvalue weighted by molar-refractivity contribution is 9.12. The molecule has 0 aromatic heterocycles. The van der Waals surface area contributed by atoms with Crippen molar-refractivity contribution in [2.75, 3.05) is 0 Å². The van der Waals surface area contributed by atoms with Gasteiger partial charge in [0.25, 0.3) is 0 Å². The van der Waals surface area contributed by atoms with E-state index in [4.69, 9.17) is 13.6 Å². The zero-order chi connectivity index (χ0) is 27.7. The second-order valence-corrected chi connectivity index (χ2v) is 15.3. The Balaban J connectivity index is 1.78. The van der Waals surface area contributed by atoms with E-state index in [0.29, 0.717) is 23.6 Å². The Hall–Kier alpha value is 0.170. The van der Waals surface area contributed by atoms with Gasteiger partial charge in [-0.15, -0.1) is 0 Å². The maximum absolute atomic E-state index is 14.1. The van der Waals surface area contributed by atoms with Gasteiger partial charge in [0.2, 0.25) is 0 Å². The molecule has 3 rings (SSSR count). The summed E-state index contributed by atoms with van der Waals surface area (Å²) >= 11 is 20.8. The van der Waals surface area contributed by atoms with Crippen LogP contribution in [0.1, 0.15) is 57.4 Å². The molecule has 0 N–H and O–H groups in total. The van der Waals surface area contributed by atoms with Gasteiger partial charge in [-0.05, 0) is 119 Å². The highest BCUT2D eigenvalue weighted by Gasteiger charge is 2.36. The predicted octanol–water partition coefficient (Wildman–Crippen LogP) is 13.2. The van der Waals surface area contributed by atoms with E-state index in [0.717, 1.165) is 21.8 Å². The third-order valence-electron chi connectivity index (χ3n) is 5.54. The van der Waals surface area contributed by atoms with Crippen molar-refractivity contribution in [3.8, 4) is 17.2 Å². The Morgan fingerprint density at radius 1 is 0.605 bits per heavy atom. The van der Waals surface area contributed by atoms with Crippen molar-refractivity contribution in [1.82, 2.24) is 0 Å². The van der Waals surface area contributed by atoms with Crippen molar-refractivity contribution < 1.29 is 18.1 Å². The van der Waals surface area contributed by atoms with Gasteiger partial charge in [-0.25, -0.2) is 0 Å². The van der Waals surface area contributed by atoms with Crippen LogP contribution in [0.5, 0.6) is 17.2 Å². The fourth-order valence-electron chi connectivity index (χ4n) is 3.64. The zero-order valence-electron chi connectivity index (χ0n) is 20.6. The summed E-state index contributed by atoms with van der Waals surface area (Å²) in [5.74, 6) is 0.957. The largest absolute Gasteiger partial charge is 0.647 e. The van der Waals surface area contributed by atoms with Crippen LogP contribution in [-0.4, -0.2) is 0 Å². The second-order valence-electron chi connectivity index (χ2n) is 8.63. The molecule has 0 unspecified atom stereocenters. The third-order valence-corrected chi connectivity index (χ3v) is 10.1. The lowest BCUT2D eigenvalue weighted by atomic mass is 10.0. The summed E-state index contributed by atoms with van der Waals surface area (Å²) in [6, 6.07) is 14.7. The first-order chi connectivity index (χ1) is 18.1. The summed E-state index contributed by atoms with van der Waals surface area (Å²) in [5.41, 5.74) is 1.21. The van der Waals surface area contributed by atoms with Crippen molar-refractivity contribution in [3.63, 3.8) is 0 Å². The first-order valence-electron chi connectivity index (χ1n) is 12.2. The molecule has 206 valence electrons. The van der Waals surface area contributed by atoms with Gasteiger partial charge < -0.3 is 13.6 Å². The molecule has 0 aliphatic carbocycles. The Labute approximate surface area is 275 Å². The molecule has 0 amide bonds. The van der Waals surface area contributed by atoms with E-state index in [1.807, 2.05) is 12.1 Å². The van der Waals surface area contributed by atoms with Crippen LogP contribution in [0.3, 0.4) is 0 Å². The van der Waals surface area contributed by atoms with E-state index < -0.39 is 7.82 Å². The minimum absolute atomic E-state index is 0.288. The molecule has 3 aromatic carbocycles. The number of aryl methyl sites for hydroxylation is 1. The van der Waals surface area contributed by atoms with Crippen molar-refractivity contribution in [1.29, 1.82) is 0 Å². The molecule has 0 bridgehead atoms. The van der Waals surface area contributed by atoms with Gasteiger partial charge in [0.05, 0.1) is 17.9 Å². The van der Waals surface area contributed by atoms with Gasteiger partial charge in [-0.3, -0.25) is 0 Å². The number of benzene rings is 3. The fourth-order valence-corrected chi connectivity index (χ4v) is 10.3. The third kappa shape index (κ3) is 10.2. The summed E-state index contributed by atoms with van der Waals surface area (Å²) in [7, 11) is -4.23. The topological polar surface area (TPSA) is 44.8 Å². The van der Waals surface area contributed by atoms with Crippen LogP contribution >= 0.6 is 103 Å². The van der Waals surface area contributed by atoms with Crippen molar-refractivity contribution >= 4 is 103 Å². The zero-order valence-corrected chi connectivity index (χ0v) is 31.0. The highest BCUT2D eigenvalue weighted by atomic mass is 79.9. The van der Waals surface area contributed by atoms with Gasteiger partial charge >= 0.3 is 7.82 Å². The molecule has 0 spiro atoms. The SMILES string of the molecule is CCCCCCCCCc1ccc(OP(=O)(Oc2c(Br)cc(Br)cc2Br)Oc2c(Br)cc(Br)cc2Br)cc1. The van der Waals surface area contributed by atoms with Crippen LogP contribution in [0, 0.1) is 0 Å². The molecule has 0 aliphatic rings. The van der Waals surface area contributed by atoms with Gasteiger partial charge in [0.1, 0.15) is 5.75 Å². The van der Waals surface area contributed by atoms with E-state index in [9.17, 15) is 4.57 Å². The van der Waals surface area contributed by atoms with Gasteiger partial charge in [0, 0.05) is 8.95 Å². The molecule has 0 saturated carbocycles. The fraction of sp³-hybridized carbons (Fsp3) is 0.333. The van der Waals surface area contributed by atoms with E-state index in [2.05, 4.69) is 103 Å². The number of phosphoric ester groups is 1. The number of halogens is 6. The molecular weight excluding hydrogens is 899 g/mol.